The van der Waals surface area contributed by atoms with E-state index in [-0.39, 0.29) is 18.9 Å². The normalized spacial score (nSPS) is 10.5. The quantitative estimate of drug-likeness (QED) is 0.857. The van der Waals surface area contributed by atoms with E-state index in [0.29, 0.717) is 12.1 Å². The molecule has 0 unspecified atom stereocenters. The second kappa shape index (κ2) is 6.41. The molecule has 0 aliphatic heterocycles. The molecule has 1 heterocycles. The lowest BCUT2D eigenvalue weighted by molar-refractivity contribution is -0.137. The van der Waals surface area contributed by atoms with Crippen molar-refractivity contribution in [1.29, 1.82) is 0 Å². The molecular formula is C14H22N2O3. The number of hydrogen-bond donors (Lipinski definition) is 1. The molecule has 106 valence electrons. The molecule has 0 atom stereocenters. The Kier molecular flexibility index (Phi) is 5.15. The smallest absolute Gasteiger partial charge is 0.305 e. The van der Waals surface area contributed by atoms with Crippen LogP contribution in [0.4, 0.5) is 0 Å². The molecule has 0 aliphatic rings. The molecule has 5 heteroatoms. The summed E-state index contributed by atoms with van der Waals surface area (Å²) in [5, 5.41) is 8.71. The van der Waals surface area contributed by atoms with E-state index in [0.717, 1.165) is 17.9 Å². The number of nitrogens with zero attached hydrogens (tertiary/aromatic N) is 2. The predicted molar refractivity (Wildman–Crippen MR) is 73.4 cm³/mol. The number of aryl methyl sites for hydroxylation is 1. The van der Waals surface area contributed by atoms with Crippen molar-refractivity contribution in [1.82, 2.24) is 9.47 Å². The Morgan fingerprint density at radius 1 is 1.32 bits per heavy atom. The van der Waals surface area contributed by atoms with Crippen LogP contribution in [-0.2, 0) is 11.3 Å². The van der Waals surface area contributed by atoms with Gasteiger partial charge in [0.25, 0.3) is 5.91 Å². The van der Waals surface area contributed by atoms with Crippen LogP contribution in [0.1, 0.15) is 42.0 Å². The number of carboxylic acids is 1. The van der Waals surface area contributed by atoms with Crippen molar-refractivity contribution in [3.8, 4) is 0 Å². The van der Waals surface area contributed by atoms with Crippen molar-refractivity contribution in [3.63, 3.8) is 0 Å². The van der Waals surface area contributed by atoms with Gasteiger partial charge in [0.15, 0.2) is 0 Å². The largest absolute Gasteiger partial charge is 0.481 e. The van der Waals surface area contributed by atoms with E-state index in [1.165, 1.54) is 0 Å². The number of aliphatic carboxylic acids is 1. The van der Waals surface area contributed by atoms with Gasteiger partial charge in [0, 0.05) is 31.0 Å². The van der Waals surface area contributed by atoms with Crippen LogP contribution in [0.3, 0.4) is 0 Å². The molecule has 1 aromatic rings. The highest BCUT2D eigenvalue weighted by Gasteiger charge is 2.20. The Bertz CT molecular complexity index is 477. The van der Waals surface area contributed by atoms with Crippen LogP contribution in [0.5, 0.6) is 0 Å². The highest BCUT2D eigenvalue weighted by Crippen LogP contribution is 2.17. The van der Waals surface area contributed by atoms with Gasteiger partial charge in [-0.3, -0.25) is 9.59 Å². The number of carbonyl (C=O) groups is 2. The maximum Gasteiger partial charge on any atom is 0.305 e. The standard InChI is InChI=1S/C14H22N2O3/c1-5-15(8-7-13(17)18)14(19)12-9-10(3)16(6-2)11(12)4/h9H,5-8H2,1-4H3,(H,17,18). The van der Waals surface area contributed by atoms with E-state index in [1.54, 1.807) is 4.90 Å². The number of amides is 1. The zero-order valence-electron chi connectivity index (χ0n) is 12.1. The molecule has 0 fully saturated rings. The third-order valence-electron chi connectivity index (χ3n) is 3.38. The summed E-state index contributed by atoms with van der Waals surface area (Å²) < 4.78 is 2.08. The average molecular weight is 266 g/mol. The lowest BCUT2D eigenvalue weighted by Crippen LogP contribution is -2.33. The molecule has 1 amide bonds. The van der Waals surface area contributed by atoms with E-state index in [9.17, 15) is 9.59 Å². The maximum atomic E-state index is 12.4. The monoisotopic (exact) mass is 266 g/mol. The van der Waals surface area contributed by atoms with Crippen LogP contribution in [0.25, 0.3) is 0 Å². The van der Waals surface area contributed by atoms with Gasteiger partial charge in [0.05, 0.1) is 12.0 Å². The molecular weight excluding hydrogens is 244 g/mol. The molecule has 0 radical (unpaired) electrons. The van der Waals surface area contributed by atoms with Crippen LogP contribution in [-0.4, -0.2) is 39.5 Å². The number of carboxylic acid groups (broad SMARTS) is 1. The topological polar surface area (TPSA) is 62.5 Å². The van der Waals surface area contributed by atoms with Gasteiger partial charge < -0.3 is 14.6 Å². The Labute approximate surface area is 113 Å². The molecule has 1 aromatic heterocycles. The highest BCUT2D eigenvalue weighted by molar-refractivity contribution is 5.95. The first-order valence-corrected chi connectivity index (χ1v) is 6.60. The Hall–Kier alpha value is -1.78. The lowest BCUT2D eigenvalue weighted by atomic mass is 10.2. The molecule has 0 aliphatic carbocycles. The van der Waals surface area contributed by atoms with Gasteiger partial charge in [0.2, 0.25) is 0 Å². The molecule has 0 saturated carbocycles. The van der Waals surface area contributed by atoms with Crippen molar-refractivity contribution < 1.29 is 14.7 Å². The minimum Gasteiger partial charge on any atom is -0.481 e. The van der Waals surface area contributed by atoms with Crippen LogP contribution >= 0.6 is 0 Å². The number of aromatic nitrogens is 1. The molecule has 1 N–H and O–H groups in total. The van der Waals surface area contributed by atoms with Crippen molar-refractivity contribution in [2.24, 2.45) is 0 Å². The summed E-state index contributed by atoms with van der Waals surface area (Å²) in [5.41, 5.74) is 2.67. The van der Waals surface area contributed by atoms with Crippen molar-refractivity contribution >= 4 is 11.9 Å². The summed E-state index contributed by atoms with van der Waals surface area (Å²) in [6.45, 7) is 9.39. The van der Waals surface area contributed by atoms with E-state index >= 15 is 0 Å². The third kappa shape index (κ3) is 3.36. The van der Waals surface area contributed by atoms with Crippen molar-refractivity contribution in [2.75, 3.05) is 13.1 Å². The second-order valence-electron chi connectivity index (χ2n) is 4.56. The van der Waals surface area contributed by atoms with Crippen LogP contribution in [0.2, 0.25) is 0 Å². The fraction of sp³-hybridized carbons (Fsp3) is 0.571. The molecule has 0 saturated heterocycles. The lowest BCUT2D eigenvalue weighted by Gasteiger charge is -2.20. The zero-order valence-corrected chi connectivity index (χ0v) is 12.1. The molecule has 0 aromatic carbocycles. The Morgan fingerprint density at radius 3 is 2.37 bits per heavy atom. The van der Waals surface area contributed by atoms with Gasteiger partial charge in [-0.15, -0.1) is 0 Å². The number of rotatable bonds is 6. The average Bonchev–Trinajstić information content (AvgIpc) is 2.64. The van der Waals surface area contributed by atoms with E-state index in [4.69, 9.17) is 5.11 Å². The van der Waals surface area contributed by atoms with Gasteiger partial charge in [-0.1, -0.05) is 0 Å². The molecule has 0 bridgehead atoms. The molecule has 5 nitrogen and oxygen atoms in total. The van der Waals surface area contributed by atoms with Gasteiger partial charge in [-0.05, 0) is 33.8 Å². The van der Waals surface area contributed by atoms with E-state index < -0.39 is 5.97 Å². The molecule has 19 heavy (non-hydrogen) atoms. The second-order valence-corrected chi connectivity index (χ2v) is 4.56. The van der Waals surface area contributed by atoms with Gasteiger partial charge in [0.1, 0.15) is 0 Å². The summed E-state index contributed by atoms with van der Waals surface area (Å²) in [7, 11) is 0. The van der Waals surface area contributed by atoms with Crippen LogP contribution < -0.4 is 0 Å². The van der Waals surface area contributed by atoms with Gasteiger partial charge in [-0.25, -0.2) is 0 Å². The fourth-order valence-electron chi connectivity index (χ4n) is 2.31. The maximum absolute atomic E-state index is 12.4. The van der Waals surface area contributed by atoms with E-state index in [1.807, 2.05) is 33.8 Å². The number of carbonyl (C=O) groups excluding carboxylic acids is 1. The van der Waals surface area contributed by atoms with E-state index in [2.05, 4.69) is 4.57 Å². The first kappa shape index (κ1) is 15.3. The van der Waals surface area contributed by atoms with Crippen molar-refractivity contribution in [2.45, 2.75) is 40.7 Å². The first-order chi connectivity index (χ1) is 8.92. The van der Waals surface area contributed by atoms with Gasteiger partial charge in [-0.2, -0.15) is 0 Å². The predicted octanol–water partition coefficient (Wildman–Crippen LogP) is 2.06. The Balaban J connectivity index is 2.94. The minimum atomic E-state index is -0.884. The van der Waals surface area contributed by atoms with Crippen LogP contribution in [0.15, 0.2) is 6.07 Å². The summed E-state index contributed by atoms with van der Waals surface area (Å²) in [6.07, 6.45) is -0.0217. The summed E-state index contributed by atoms with van der Waals surface area (Å²) >= 11 is 0. The molecule has 0 spiro atoms. The van der Waals surface area contributed by atoms with Gasteiger partial charge >= 0.3 is 5.97 Å². The summed E-state index contributed by atoms with van der Waals surface area (Å²) in [5.74, 6) is -0.971. The minimum absolute atomic E-state index is 0.0217. The van der Waals surface area contributed by atoms with Crippen molar-refractivity contribution in [3.05, 3.63) is 23.0 Å². The SMILES string of the molecule is CCN(CCC(=O)O)C(=O)c1cc(C)n(CC)c1C. The zero-order chi connectivity index (χ0) is 14.6. The first-order valence-electron chi connectivity index (χ1n) is 6.60. The van der Waals surface area contributed by atoms with Crippen LogP contribution in [0, 0.1) is 13.8 Å². The third-order valence-corrected chi connectivity index (χ3v) is 3.38. The summed E-state index contributed by atoms with van der Waals surface area (Å²) in [4.78, 5) is 24.6. The fourth-order valence-corrected chi connectivity index (χ4v) is 2.31. The highest BCUT2D eigenvalue weighted by atomic mass is 16.4. The number of hydrogen-bond acceptors (Lipinski definition) is 2. The Morgan fingerprint density at radius 2 is 1.95 bits per heavy atom. The molecule has 1 rings (SSSR count). The summed E-state index contributed by atoms with van der Waals surface area (Å²) in [6, 6.07) is 1.88.